The van der Waals surface area contributed by atoms with Crippen LogP contribution in [0, 0.1) is 5.41 Å². The Morgan fingerprint density at radius 1 is 1.21 bits per heavy atom. The number of guanidine groups is 1. The second kappa shape index (κ2) is 9.62. The summed E-state index contributed by atoms with van der Waals surface area (Å²) in [6.07, 6.45) is 4.08. The third kappa shape index (κ3) is 4.79. The number of halogens is 1. The summed E-state index contributed by atoms with van der Waals surface area (Å²) in [6.45, 7) is 1.23. The molecule has 1 fully saturated rings. The molecule has 0 atom stereocenters. The standard InChI is InChI=1S/C21H30N4O2.HI/c1-22-20(23-15-21(11-7-8-12-21)19(26)24(2)3)25(4)14-17-13-16-9-5-6-10-18(16)27-17;/h5-6,9-10,13H,7-8,11-12,14-15H2,1-4H3,(H,22,23);1H. The highest BCUT2D eigenvalue weighted by Crippen LogP contribution is 2.39. The fraction of sp³-hybridized carbons (Fsp3) is 0.524. The summed E-state index contributed by atoms with van der Waals surface area (Å²) in [5, 5.41) is 4.53. The van der Waals surface area contributed by atoms with Crippen molar-refractivity contribution in [3.8, 4) is 0 Å². The number of nitrogens with zero attached hydrogens (tertiary/aromatic N) is 3. The van der Waals surface area contributed by atoms with Crippen LogP contribution in [0.25, 0.3) is 11.0 Å². The zero-order valence-corrected chi connectivity index (χ0v) is 19.5. The predicted octanol–water partition coefficient (Wildman–Crippen LogP) is 3.71. The molecule has 0 bridgehead atoms. The minimum absolute atomic E-state index is 0. The Bertz CT molecular complexity index is 792. The van der Waals surface area contributed by atoms with Gasteiger partial charge in [-0.2, -0.15) is 0 Å². The second-order valence-corrected chi connectivity index (χ2v) is 7.69. The van der Waals surface area contributed by atoms with Crippen molar-refractivity contribution < 1.29 is 9.21 Å². The summed E-state index contributed by atoms with van der Waals surface area (Å²) in [4.78, 5) is 20.9. The van der Waals surface area contributed by atoms with Crippen LogP contribution in [-0.4, -0.2) is 56.4 Å². The topological polar surface area (TPSA) is 61.1 Å². The van der Waals surface area contributed by atoms with Crippen LogP contribution in [0.5, 0.6) is 0 Å². The summed E-state index contributed by atoms with van der Waals surface area (Å²) in [7, 11) is 7.43. The quantitative estimate of drug-likeness (QED) is 0.388. The smallest absolute Gasteiger partial charge is 0.230 e. The fourth-order valence-corrected chi connectivity index (χ4v) is 4.05. The van der Waals surface area contributed by atoms with Gasteiger partial charge in [0.2, 0.25) is 5.91 Å². The number of hydrogen-bond donors (Lipinski definition) is 1. The maximum Gasteiger partial charge on any atom is 0.230 e. The molecule has 2 aromatic rings. The lowest BCUT2D eigenvalue weighted by Crippen LogP contribution is -2.49. The van der Waals surface area contributed by atoms with Crippen molar-refractivity contribution in [3.63, 3.8) is 0 Å². The first-order chi connectivity index (χ1) is 12.9. The van der Waals surface area contributed by atoms with Crippen molar-refractivity contribution >= 4 is 46.8 Å². The number of furan rings is 1. The molecule has 0 aliphatic heterocycles. The van der Waals surface area contributed by atoms with E-state index in [1.807, 2.05) is 50.3 Å². The molecule has 0 radical (unpaired) electrons. The van der Waals surface area contributed by atoms with Gasteiger partial charge < -0.3 is 19.5 Å². The largest absolute Gasteiger partial charge is 0.459 e. The molecule has 1 saturated carbocycles. The molecule has 1 aromatic carbocycles. The molecule has 1 heterocycles. The van der Waals surface area contributed by atoms with Gasteiger partial charge in [0.05, 0.1) is 12.0 Å². The van der Waals surface area contributed by atoms with E-state index in [-0.39, 0.29) is 35.3 Å². The van der Waals surface area contributed by atoms with Gasteiger partial charge in [-0.15, -0.1) is 24.0 Å². The zero-order valence-electron chi connectivity index (χ0n) is 17.2. The van der Waals surface area contributed by atoms with Crippen LogP contribution in [0.1, 0.15) is 31.4 Å². The Labute approximate surface area is 184 Å². The van der Waals surface area contributed by atoms with Crippen LogP contribution in [0.3, 0.4) is 0 Å². The van der Waals surface area contributed by atoms with Gasteiger partial charge in [0.15, 0.2) is 5.96 Å². The molecule has 6 nitrogen and oxygen atoms in total. The zero-order chi connectivity index (χ0) is 19.4. The highest BCUT2D eigenvalue weighted by Gasteiger charge is 2.42. The lowest BCUT2D eigenvalue weighted by Gasteiger charge is -2.32. The number of para-hydroxylation sites is 1. The van der Waals surface area contributed by atoms with Crippen LogP contribution in [0.4, 0.5) is 0 Å². The van der Waals surface area contributed by atoms with Crippen molar-refractivity contribution in [2.24, 2.45) is 10.4 Å². The number of amides is 1. The number of benzene rings is 1. The van der Waals surface area contributed by atoms with E-state index in [1.165, 1.54) is 0 Å². The maximum atomic E-state index is 12.7. The average Bonchev–Trinajstić information content (AvgIpc) is 3.28. The van der Waals surface area contributed by atoms with E-state index in [4.69, 9.17) is 4.42 Å². The van der Waals surface area contributed by atoms with Crippen LogP contribution < -0.4 is 5.32 Å². The van der Waals surface area contributed by atoms with E-state index in [0.29, 0.717) is 13.1 Å². The van der Waals surface area contributed by atoms with E-state index >= 15 is 0 Å². The molecule has 1 N–H and O–H groups in total. The number of fused-ring (bicyclic) bond motifs is 1. The number of hydrogen-bond acceptors (Lipinski definition) is 3. The van der Waals surface area contributed by atoms with E-state index < -0.39 is 0 Å². The van der Waals surface area contributed by atoms with Gasteiger partial charge in [-0.25, -0.2) is 0 Å². The molecule has 0 saturated heterocycles. The molecule has 1 aliphatic rings. The second-order valence-electron chi connectivity index (χ2n) is 7.69. The molecule has 7 heteroatoms. The van der Waals surface area contributed by atoms with E-state index in [0.717, 1.165) is 48.4 Å². The predicted molar refractivity (Wildman–Crippen MR) is 124 cm³/mol. The van der Waals surface area contributed by atoms with Gasteiger partial charge in [0, 0.05) is 40.1 Å². The molecule has 1 aliphatic carbocycles. The first-order valence-electron chi connectivity index (χ1n) is 9.56. The first-order valence-corrected chi connectivity index (χ1v) is 9.56. The lowest BCUT2D eigenvalue weighted by atomic mass is 9.84. The molecule has 0 unspecified atom stereocenters. The summed E-state index contributed by atoms with van der Waals surface area (Å²) < 4.78 is 5.92. The minimum atomic E-state index is -0.320. The van der Waals surface area contributed by atoms with Crippen molar-refractivity contribution in [3.05, 3.63) is 36.1 Å². The third-order valence-electron chi connectivity index (χ3n) is 5.45. The third-order valence-corrected chi connectivity index (χ3v) is 5.45. The number of carbonyl (C=O) groups excluding carboxylic acids is 1. The number of nitrogens with one attached hydrogen (secondary N) is 1. The fourth-order valence-electron chi connectivity index (χ4n) is 4.05. The maximum absolute atomic E-state index is 12.7. The van der Waals surface area contributed by atoms with Crippen molar-refractivity contribution in [1.82, 2.24) is 15.1 Å². The normalized spacial score (nSPS) is 15.9. The molecule has 3 rings (SSSR count). The summed E-state index contributed by atoms with van der Waals surface area (Å²) >= 11 is 0. The van der Waals surface area contributed by atoms with Gasteiger partial charge in [-0.1, -0.05) is 31.0 Å². The first kappa shape index (κ1) is 22.5. The van der Waals surface area contributed by atoms with Crippen molar-refractivity contribution in [1.29, 1.82) is 0 Å². The Morgan fingerprint density at radius 2 is 1.89 bits per heavy atom. The van der Waals surface area contributed by atoms with E-state index in [9.17, 15) is 4.79 Å². The Hall–Kier alpha value is -1.77. The highest BCUT2D eigenvalue weighted by molar-refractivity contribution is 14.0. The lowest BCUT2D eigenvalue weighted by molar-refractivity contribution is -0.138. The van der Waals surface area contributed by atoms with Crippen molar-refractivity contribution in [2.45, 2.75) is 32.2 Å². The summed E-state index contributed by atoms with van der Waals surface area (Å²) in [5.74, 6) is 1.87. The summed E-state index contributed by atoms with van der Waals surface area (Å²) in [6, 6.07) is 10.1. The molecule has 154 valence electrons. The molecule has 0 spiro atoms. The van der Waals surface area contributed by atoms with Crippen LogP contribution in [0.15, 0.2) is 39.7 Å². The number of carbonyl (C=O) groups is 1. The minimum Gasteiger partial charge on any atom is -0.459 e. The van der Waals surface area contributed by atoms with Crippen molar-refractivity contribution in [2.75, 3.05) is 34.7 Å². The van der Waals surface area contributed by atoms with E-state index in [1.54, 1.807) is 11.9 Å². The molecular formula is C21H31IN4O2. The average molecular weight is 498 g/mol. The summed E-state index contributed by atoms with van der Waals surface area (Å²) in [5.41, 5.74) is 0.574. The van der Waals surface area contributed by atoms with Gasteiger partial charge >= 0.3 is 0 Å². The highest BCUT2D eigenvalue weighted by atomic mass is 127. The van der Waals surface area contributed by atoms with E-state index in [2.05, 4.69) is 16.4 Å². The number of aliphatic imine (C=N–C) groups is 1. The Morgan fingerprint density at radius 3 is 2.50 bits per heavy atom. The van der Waals surface area contributed by atoms with Gasteiger partial charge in [0.1, 0.15) is 11.3 Å². The molecule has 1 amide bonds. The Balaban J connectivity index is 0.00000280. The van der Waals surface area contributed by atoms with Crippen LogP contribution in [0.2, 0.25) is 0 Å². The number of rotatable bonds is 5. The SMILES string of the molecule is CN=C(NCC1(C(=O)N(C)C)CCCC1)N(C)Cc1cc2ccccc2o1.I. The Kier molecular flexibility index (Phi) is 7.74. The molecule has 28 heavy (non-hydrogen) atoms. The van der Waals surface area contributed by atoms with Gasteiger partial charge in [0.25, 0.3) is 0 Å². The van der Waals surface area contributed by atoms with Crippen LogP contribution >= 0.6 is 24.0 Å². The van der Waals surface area contributed by atoms with Gasteiger partial charge in [-0.05, 0) is 25.0 Å². The monoisotopic (exact) mass is 498 g/mol. The molecule has 1 aromatic heterocycles. The molecular weight excluding hydrogens is 467 g/mol. The van der Waals surface area contributed by atoms with Crippen LogP contribution in [-0.2, 0) is 11.3 Å². The van der Waals surface area contributed by atoms with Gasteiger partial charge in [-0.3, -0.25) is 9.79 Å².